The van der Waals surface area contributed by atoms with Crippen LogP contribution in [-0.4, -0.2) is 43.4 Å². The summed E-state index contributed by atoms with van der Waals surface area (Å²) in [5, 5.41) is 0. The molecule has 0 saturated carbocycles. The van der Waals surface area contributed by atoms with Gasteiger partial charge in [0.1, 0.15) is 11.6 Å². The Balaban J connectivity index is 1.46. The van der Waals surface area contributed by atoms with Gasteiger partial charge in [0.15, 0.2) is 5.82 Å². The lowest BCUT2D eigenvalue weighted by Crippen LogP contribution is -2.39. The van der Waals surface area contributed by atoms with E-state index in [4.69, 9.17) is 4.74 Å². The van der Waals surface area contributed by atoms with Gasteiger partial charge in [0, 0.05) is 50.2 Å². The third-order valence-corrected chi connectivity index (χ3v) is 5.32. The molecule has 3 heterocycles. The fourth-order valence-electron chi connectivity index (χ4n) is 3.63. The molecule has 7 nitrogen and oxygen atoms in total. The minimum absolute atomic E-state index is 0.0234. The minimum Gasteiger partial charge on any atom is -0.439 e. The zero-order chi connectivity index (χ0) is 20.4. The molecule has 2 aromatic heterocycles. The third-order valence-electron chi connectivity index (χ3n) is 5.32. The van der Waals surface area contributed by atoms with Crippen molar-refractivity contribution in [3.05, 3.63) is 65.6 Å². The van der Waals surface area contributed by atoms with Crippen LogP contribution in [0.1, 0.15) is 46.5 Å². The number of rotatable bonds is 4. The zero-order valence-electron chi connectivity index (χ0n) is 17.0. The van der Waals surface area contributed by atoms with Crippen LogP contribution in [0.2, 0.25) is 0 Å². The van der Waals surface area contributed by atoms with E-state index >= 15 is 0 Å². The smallest absolute Gasteiger partial charge is 0.289 e. The Morgan fingerprint density at radius 1 is 1.14 bits per heavy atom. The number of nitrogens with zero attached hydrogens (tertiary/aromatic N) is 5. The Bertz CT molecular complexity index is 1020. The molecule has 0 atom stereocenters. The normalized spacial score (nSPS) is 14.8. The minimum atomic E-state index is -0.0234. The van der Waals surface area contributed by atoms with Gasteiger partial charge in [-0.1, -0.05) is 18.2 Å². The Kier molecular flexibility index (Phi) is 5.29. The van der Waals surface area contributed by atoms with E-state index in [9.17, 15) is 4.79 Å². The fourth-order valence-corrected chi connectivity index (χ4v) is 3.63. The molecule has 29 heavy (non-hydrogen) atoms. The molecule has 0 unspecified atom stereocenters. The van der Waals surface area contributed by atoms with Crippen molar-refractivity contribution in [1.82, 2.24) is 24.4 Å². The first-order chi connectivity index (χ1) is 14.0. The predicted molar refractivity (Wildman–Crippen MR) is 109 cm³/mol. The largest absolute Gasteiger partial charge is 0.439 e. The summed E-state index contributed by atoms with van der Waals surface area (Å²) in [6.07, 6.45) is 5.08. The van der Waals surface area contributed by atoms with Gasteiger partial charge >= 0.3 is 0 Å². The van der Waals surface area contributed by atoms with Crippen LogP contribution in [0.5, 0.6) is 11.6 Å². The lowest BCUT2D eigenvalue weighted by Gasteiger charge is -2.31. The van der Waals surface area contributed by atoms with E-state index in [0.29, 0.717) is 24.8 Å². The van der Waals surface area contributed by atoms with Gasteiger partial charge in [-0.3, -0.25) is 4.79 Å². The van der Waals surface area contributed by atoms with E-state index in [0.717, 1.165) is 35.7 Å². The van der Waals surface area contributed by atoms with E-state index in [1.165, 1.54) is 0 Å². The highest BCUT2D eigenvalue weighted by Crippen LogP contribution is 2.29. The topological polar surface area (TPSA) is 73.1 Å². The van der Waals surface area contributed by atoms with Gasteiger partial charge in [-0.25, -0.2) is 9.97 Å². The van der Waals surface area contributed by atoms with Crippen LogP contribution in [0.15, 0.2) is 42.7 Å². The molecular formula is C22H25N5O2. The van der Waals surface area contributed by atoms with Crippen LogP contribution < -0.4 is 4.74 Å². The number of aromatic nitrogens is 4. The number of piperidine rings is 1. The van der Waals surface area contributed by atoms with Gasteiger partial charge in [0.25, 0.3) is 5.91 Å². The number of aryl methyl sites for hydroxylation is 3. The number of ether oxygens (including phenoxy) is 1. The van der Waals surface area contributed by atoms with Crippen molar-refractivity contribution >= 4 is 5.91 Å². The van der Waals surface area contributed by atoms with E-state index in [1.54, 1.807) is 17.0 Å². The van der Waals surface area contributed by atoms with Crippen LogP contribution in [0.25, 0.3) is 0 Å². The highest BCUT2D eigenvalue weighted by atomic mass is 16.5. The summed E-state index contributed by atoms with van der Waals surface area (Å²) in [5.74, 6) is 2.81. The highest BCUT2D eigenvalue weighted by Gasteiger charge is 2.28. The van der Waals surface area contributed by atoms with Crippen molar-refractivity contribution in [2.75, 3.05) is 13.1 Å². The van der Waals surface area contributed by atoms with Gasteiger partial charge in [-0.05, 0) is 38.3 Å². The fraction of sp³-hybridized carbons (Fsp3) is 0.364. The van der Waals surface area contributed by atoms with Crippen molar-refractivity contribution < 1.29 is 9.53 Å². The first-order valence-corrected chi connectivity index (χ1v) is 9.87. The number of benzene rings is 1. The number of carbonyl (C=O) groups is 1. The predicted octanol–water partition coefficient (Wildman–Crippen LogP) is 3.64. The quantitative estimate of drug-likeness (QED) is 0.679. The van der Waals surface area contributed by atoms with Crippen LogP contribution in [-0.2, 0) is 7.05 Å². The molecule has 3 aromatic rings. The first-order valence-electron chi connectivity index (χ1n) is 9.87. The van der Waals surface area contributed by atoms with Crippen molar-refractivity contribution in [2.24, 2.45) is 7.05 Å². The Morgan fingerprint density at radius 2 is 1.90 bits per heavy atom. The van der Waals surface area contributed by atoms with E-state index < -0.39 is 0 Å². The van der Waals surface area contributed by atoms with Crippen LogP contribution in [0.4, 0.5) is 0 Å². The van der Waals surface area contributed by atoms with E-state index in [1.807, 2.05) is 56.1 Å². The summed E-state index contributed by atoms with van der Waals surface area (Å²) in [6, 6.07) is 9.74. The first kappa shape index (κ1) is 19.1. The Labute approximate surface area is 170 Å². The van der Waals surface area contributed by atoms with Crippen molar-refractivity contribution in [1.29, 1.82) is 0 Å². The monoisotopic (exact) mass is 391 g/mol. The average molecular weight is 391 g/mol. The molecule has 0 spiro atoms. The van der Waals surface area contributed by atoms with Crippen molar-refractivity contribution in [3.8, 4) is 11.6 Å². The number of amides is 1. The van der Waals surface area contributed by atoms with Crippen molar-refractivity contribution in [3.63, 3.8) is 0 Å². The summed E-state index contributed by atoms with van der Waals surface area (Å²) in [7, 11) is 1.84. The molecule has 0 aliphatic carbocycles. The standard InChI is InChI=1S/C22H25N5O2/c1-15-6-4-5-7-18(15)29-19-14-16(2)24-20(25-19)17-8-11-27(12-9-17)22(28)21-23-10-13-26(21)3/h4-7,10,13-14,17H,8-9,11-12H2,1-3H3. The number of carbonyl (C=O) groups excluding carboxylic acids is 1. The van der Waals surface area contributed by atoms with Crippen LogP contribution >= 0.6 is 0 Å². The van der Waals surface area contributed by atoms with Crippen LogP contribution in [0.3, 0.4) is 0 Å². The number of imidazole rings is 1. The molecule has 1 aliphatic rings. The maximum Gasteiger partial charge on any atom is 0.289 e. The van der Waals surface area contributed by atoms with Gasteiger partial charge in [-0.15, -0.1) is 0 Å². The summed E-state index contributed by atoms with van der Waals surface area (Å²) in [5.41, 5.74) is 1.94. The molecule has 1 saturated heterocycles. The highest BCUT2D eigenvalue weighted by molar-refractivity contribution is 5.90. The Hall–Kier alpha value is -3.22. The summed E-state index contributed by atoms with van der Waals surface area (Å²) >= 11 is 0. The molecule has 0 N–H and O–H groups in total. The second kappa shape index (κ2) is 8.03. The number of likely N-dealkylation sites (tertiary alicyclic amines) is 1. The van der Waals surface area contributed by atoms with Gasteiger partial charge in [-0.2, -0.15) is 4.98 Å². The van der Waals surface area contributed by atoms with Gasteiger partial charge < -0.3 is 14.2 Å². The lowest BCUT2D eigenvalue weighted by atomic mass is 9.95. The molecule has 0 radical (unpaired) electrons. The lowest BCUT2D eigenvalue weighted by molar-refractivity contribution is 0.0694. The second-order valence-electron chi connectivity index (χ2n) is 7.50. The molecule has 4 rings (SSSR count). The summed E-state index contributed by atoms with van der Waals surface area (Å²) in [4.78, 5) is 28.0. The number of para-hydroxylation sites is 1. The van der Waals surface area contributed by atoms with Crippen LogP contribution in [0, 0.1) is 13.8 Å². The molecule has 1 amide bonds. The molecule has 7 heteroatoms. The third kappa shape index (κ3) is 4.13. The summed E-state index contributed by atoms with van der Waals surface area (Å²) < 4.78 is 7.77. The summed E-state index contributed by atoms with van der Waals surface area (Å²) in [6.45, 7) is 5.30. The molecular weight excluding hydrogens is 366 g/mol. The molecule has 1 fully saturated rings. The number of hydrogen-bond acceptors (Lipinski definition) is 5. The van der Waals surface area contributed by atoms with E-state index in [-0.39, 0.29) is 11.8 Å². The maximum atomic E-state index is 12.7. The molecule has 150 valence electrons. The zero-order valence-corrected chi connectivity index (χ0v) is 17.0. The average Bonchev–Trinajstić information content (AvgIpc) is 3.15. The SMILES string of the molecule is Cc1cc(Oc2ccccc2C)nc(C2CCN(C(=O)c3nccn3C)CC2)n1. The molecule has 1 aliphatic heterocycles. The van der Waals surface area contributed by atoms with E-state index in [2.05, 4.69) is 15.0 Å². The number of hydrogen-bond donors (Lipinski definition) is 0. The maximum absolute atomic E-state index is 12.7. The van der Waals surface area contributed by atoms with Gasteiger partial charge in [0.2, 0.25) is 5.88 Å². The second-order valence-corrected chi connectivity index (χ2v) is 7.50. The van der Waals surface area contributed by atoms with Crippen molar-refractivity contribution in [2.45, 2.75) is 32.6 Å². The van der Waals surface area contributed by atoms with Gasteiger partial charge in [0.05, 0.1) is 0 Å². The molecule has 0 bridgehead atoms. The molecule has 1 aromatic carbocycles. The Morgan fingerprint density at radius 3 is 2.59 bits per heavy atom.